The first-order valence-electron chi connectivity index (χ1n) is 6.17. The maximum Gasteiger partial charge on any atom is 0.0462 e. The van der Waals surface area contributed by atoms with Crippen molar-refractivity contribution in [2.24, 2.45) is 41.4 Å². The Hall–Kier alpha value is -0.300. The summed E-state index contributed by atoms with van der Waals surface area (Å²) in [4.78, 5) is 0. The second-order valence-electron chi connectivity index (χ2n) is 5.94. The van der Waals surface area contributed by atoms with Gasteiger partial charge in [-0.15, -0.1) is 0 Å². The number of allylic oxidation sites excluding steroid dienone is 2. The van der Waals surface area contributed by atoms with Gasteiger partial charge >= 0.3 is 0 Å². The smallest absolute Gasteiger partial charge is 0.0462 e. The van der Waals surface area contributed by atoms with E-state index in [1.807, 2.05) is 0 Å². The van der Waals surface area contributed by atoms with Gasteiger partial charge in [0.25, 0.3) is 0 Å². The van der Waals surface area contributed by atoms with E-state index in [4.69, 9.17) is 0 Å². The molecular weight excluding hydrogens is 172 g/mol. The van der Waals surface area contributed by atoms with E-state index in [-0.39, 0.29) is 0 Å². The topological polar surface area (TPSA) is 20.2 Å². The van der Waals surface area contributed by atoms with Gasteiger partial charge in [-0.05, 0) is 60.7 Å². The van der Waals surface area contributed by atoms with Crippen molar-refractivity contribution < 1.29 is 5.11 Å². The zero-order valence-electron chi connectivity index (χ0n) is 8.47. The van der Waals surface area contributed by atoms with Crippen LogP contribution in [-0.2, 0) is 0 Å². The highest BCUT2D eigenvalue weighted by Gasteiger charge is 2.60. The molecule has 3 unspecified atom stereocenters. The van der Waals surface area contributed by atoms with Crippen LogP contribution < -0.4 is 0 Å². The summed E-state index contributed by atoms with van der Waals surface area (Å²) in [6.07, 6.45) is 9.18. The average molecular weight is 190 g/mol. The van der Waals surface area contributed by atoms with Crippen molar-refractivity contribution in [2.45, 2.75) is 19.3 Å². The molecule has 0 aliphatic heterocycles. The van der Waals surface area contributed by atoms with E-state index >= 15 is 0 Å². The quantitative estimate of drug-likeness (QED) is 0.496. The molecule has 14 heavy (non-hydrogen) atoms. The molecule has 0 heterocycles. The molecule has 1 nitrogen and oxygen atoms in total. The summed E-state index contributed by atoms with van der Waals surface area (Å²) >= 11 is 0. The molecule has 7 atom stereocenters. The highest BCUT2D eigenvalue weighted by Crippen LogP contribution is 2.66. The fourth-order valence-electron chi connectivity index (χ4n) is 5.36. The van der Waals surface area contributed by atoms with E-state index in [2.05, 4.69) is 12.2 Å². The summed E-state index contributed by atoms with van der Waals surface area (Å²) in [6.45, 7) is 0.450. The molecule has 0 aromatic rings. The third kappa shape index (κ3) is 0.735. The number of hydrogen-bond acceptors (Lipinski definition) is 1. The van der Waals surface area contributed by atoms with Crippen molar-refractivity contribution in [1.29, 1.82) is 0 Å². The lowest BCUT2D eigenvalue weighted by Crippen LogP contribution is -2.32. The van der Waals surface area contributed by atoms with Crippen LogP contribution in [0.2, 0.25) is 0 Å². The Morgan fingerprint density at radius 1 is 1.00 bits per heavy atom. The van der Waals surface area contributed by atoms with Crippen molar-refractivity contribution in [2.75, 3.05) is 6.61 Å². The van der Waals surface area contributed by atoms with Crippen LogP contribution in [0.1, 0.15) is 19.3 Å². The normalized spacial score (nSPS) is 62.5. The zero-order chi connectivity index (χ0) is 9.28. The number of aliphatic hydroxyl groups excluding tert-OH is 1. The Labute approximate surface area is 85.2 Å². The Morgan fingerprint density at radius 2 is 1.79 bits per heavy atom. The Kier molecular flexibility index (Phi) is 1.38. The molecule has 0 spiro atoms. The molecule has 0 saturated heterocycles. The molecule has 4 rings (SSSR count). The van der Waals surface area contributed by atoms with Crippen molar-refractivity contribution in [3.05, 3.63) is 12.2 Å². The molecule has 76 valence electrons. The molecule has 0 radical (unpaired) electrons. The van der Waals surface area contributed by atoms with Gasteiger partial charge in [0, 0.05) is 6.61 Å². The van der Waals surface area contributed by atoms with Crippen molar-refractivity contribution in [3.8, 4) is 0 Å². The standard InChI is InChI=1S/C13H18O/c14-6-10-4-9-5-11(10)13-8-2-1-7(3-8)12(9)13/h1-2,7-14H,3-6H2/t7-,8+,9+,10?,11+,12?,13?/m1/s1. The minimum atomic E-state index is 0.450. The summed E-state index contributed by atoms with van der Waals surface area (Å²) in [5.41, 5.74) is 0. The van der Waals surface area contributed by atoms with Gasteiger partial charge in [0.15, 0.2) is 0 Å². The Balaban J connectivity index is 1.72. The van der Waals surface area contributed by atoms with Crippen LogP contribution in [-0.4, -0.2) is 11.7 Å². The first-order valence-corrected chi connectivity index (χ1v) is 6.17. The third-order valence-electron chi connectivity index (χ3n) is 5.64. The highest BCUT2D eigenvalue weighted by atomic mass is 16.3. The van der Waals surface area contributed by atoms with Gasteiger partial charge in [0.1, 0.15) is 0 Å². The number of aliphatic hydroxyl groups is 1. The van der Waals surface area contributed by atoms with E-state index in [1.165, 1.54) is 19.3 Å². The van der Waals surface area contributed by atoms with Gasteiger partial charge in [-0.1, -0.05) is 12.2 Å². The number of hydrogen-bond donors (Lipinski definition) is 1. The highest BCUT2D eigenvalue weighted by molar-refractivity contribution is 5.20. The Bertz CT molecular complexity index is 296. The Morgan fingerprint density at radius 3 is 2.57 bits per heavy atom. The van der Waals surface area contributed by atoms with Gasteiger partial charge in [-0.2, -0.15) is 0 Å². The number of fused-ring (bicyclic) bond motifs is 9. The first kappa shape index (κ1) is 7.92. The fraction of sp³-hybridized carbons (Fsp3) is 0.846. The van der Waals surface area contributed by atoms with Crippen LogP contribution >= 0.6 is 0 Å². The molecule has 4 aliphatic carbocycles. The fourth-order valence-corrected chi connectivity index (χ4v) is 5.36. The maximum atomic E-state index is 9.36. The van der Waals surface area contributed by atoms with Gasteiger partial charge in [-0.25, -0.2) is 0 Å². The summed E-state index contributed by atoms with van der Waals surface area (Å²) in [6, 6.07) is 0. The summed E-state index contributed by atoms with van der Waals surface area (Å²) < 4.78 is 0. The van der Waals surface area contributed by atoms with Crippen LogP contribution in [0.3, 0.4) is 0 Å². The minimum Gasteiger partial charge on any atom is -0.396 e. The van der Waals surface area contributed by atoms with Crippen LogP contribution in [0.25, 0.3) is 0 Å². The summed E-state index contributed by atoms with van der Waals surface area (Å²) in [7, 11) is 0. The second kappa shape index (κ2) is 2.44. The molecule has 3 fully saturated rings. The van der Waals surface area contributed by atoms with Crippen molar-refractivity contribution >= 4 is 0 Å². The predicted molar refractivity (Wildman–Crippen MR) is 54.5 cm³/mol. The summed E-state index contributed by atoms with van der Waals surface area (Å²) in [5, 5.41) is 9.36. The second-order valence-corrected chi connectivity index (χ2v) is 5.94. The molecular formula is C13H18O. The lowest BCUT2D eigenvalue weighted by Gasteiger charge is -2.35. The minimum absolute atomic E-state index is 0.450. The van der Waals surface area contributed by atoms with E-state index in [1.54, 1.807) is 0 Å². The SMILES string of the molecule is OCC1C[C@H]2C[C@@H]1C1C2[C@@H]2C=C[C@H]1C2. The molecule has 4 aliphatic rings. The van der Waals surface area contributed by atoms with Gasteiger partial charge in [0.05, 0.1) is 0 Å². The predicted octanol–water partition coefficient (Wildman–Crippen LogP) is 2.07. The van der Waals surface area contributed by atoms with E-state index in [0.717, 1.165) is 35.5 Å². The molecule has 1 N–H and O–H groups in total. The lowest BCUT2D eigenvalue weighted by molar-refractivity contribution is 0.0995. The van der Waals surface area contributed by atoms with Crippen LogP contribution in [0.15, 0.2) is 12.2 Å². The van der Waals surface area contributed by atoms with Gasteiger partial charge < -0.3 is 5.11 Å². The zero-order valence-corrected chi connectivity index (χ0v) is 8.47. The van der Waals surface area contributed by atoms with E-state index in [0.29, 0.717) is 12.5 Å². The average Bonchev–Trinajstić information content (AvgIpc) is 2.94. The van der Waals surface area contributed by atoms with Gasteiger partial charge in [0.2, 0.25) is 0 Å². The lowest BCUT2D eigenvalue weighted by atomic mass is 9.70. The van der Waals surface area contributed by atoms with Crippen molar-refractivity contribution in [3.63, 3.8) is 0 Å². The monoisotopic (exact) mass is 190 g/mol. The van der Waals surface area contributed by atoms with Crippen LogP contribution in [0, 0.1) is 41.4 Å². The number of rotatable bonds is 1. The molecule has 0 aromatic carbocycles. The van der Waals surface area contributed by atoms with Crippen molar-refractivity contribution in [1.82, 2.24) is 0 Å². The van der Waals surface area contributed by atoms with Crippen LogP contribution in [0.4, 0.5) is 0 Å². The molecule has 0 aromatic heterocycles. The summed E-state index contributed by atoms with van der Waals surface area (Å²) in [5.74, 6) is 6.35. The largest absolute Gasteiger partial charge is 0.396 e. The molecule has 4 bridgehead atoms. The van der Waals surface area contributed by atoms with E-state index in [9.17, 15) is 5.11 Å². The third-order valence-corrected chi connectivity index (χ3v) is 5.64. The molecule has 0 amide bonds. The molecule has 3 saturated carbocycles. The van der Waals surface area contributed by atoms with Crippen LogP contribution in [0.5, 0.6) is 0 Å². The van der Waals surface area contributed by atoms with E-state index < -0.39 is 0 Å². The molecule has 1 heteroatoms. The first-order chi connectivity index (χ1) is 6.88. The maximum absolute atomic E-state index is 9.36. The van der Waals surface area contributed by atoms with Gasteiger partial charge in [-0.3, -0.25) is 0 Å².